The zero-order chi connectivity index (χ0) is 16.8. The highest BCUT2D eigenvalue weighted by atomic mass is 19.2. The smallest absolute Gasteiger partial charge is 0.407 e. The quantitative estimate of drug-likeness (QED) is 0.882. The number of carbonyl (C=O) groups is 1. The third-order valence-corrected chi connectivity index (χ3v) is 4.43. The molecule has 8 heteroatoms. The van der Waals surface area contributed by atoms with Crippen LogP contribution in [0.2, 0.25) is 0 Å². The summed E-state index contributed by atoms with van der Waals surface area (Å²) in [4.78, 5) is 20.9. The minimum absolute atomic E-state index is 0.0452. The summed E-state index contributed by atoms with van der Waals surface area (Å²) in [7, 11) is 0. The number of halogens is 2. The van der Waals surface area contributed by atoms with Crippen LogP contribution in [0.3, 0.4) is 0 Å². The van der Waals surface area contributed by atoms with Crippen molar-refractivity contribution in [1.82, 2.24) is 14.9 Å². The van der Waals surface area contributed by atoms with Crippen molar-refractivity contribution in [1.29, 1.82) is 0 Å². The molecule has 0 atom stereocenters. The molecule has 6 nitrogen and oxygen atoms in total. The Labute approximate surface area is 136 Å². The van der Waals surface area contributed by atoms with E-state index in [1.807, 2.05) is 0 Å². The average molecular weight is 332 g/mol. The summed E-state index contributed by atoms with van der Waals surface area (Å²) in [6.45, 7) is 0.529. The largest absolute Gasteiger partial charge is 0.465 e. The zero-order valence-corrected chi connectivity index (χ0v) is 12.6. The maximum atomic E-state index is 13.3. The Bertz CT molecular complexity index is 812. The second-order valence-corrected chi connectivity index (χ2v) is 6.09. The number of amides is 1. The summed E-state index contributed by atoms with van der Waals surface area (Å²) >= 11 is 0. The summed E-state index contributed by atoms with van der Waals surface area (Å²) in [6.07, 6.45) is 1.76. The van der Waals surface area contributed by atoms with Gasteiger partial charge in [-0.2, -0.15) is 0 Å². The van der Waals surface area contributed by atoms with E-state index in [1.165, 1.54) is 17.0 Å². The van der Waals surface area contributed by atoms with Crippen molar-refractivity contribution in [3.05, 3.63) is 52.3 Å². The van der Waals surface area contributed by atoms with Crippen LogP contribution in [-0.4, -0.2) is 32.1 Å². The lowest BCUT2D eigenvalue weighted by Crippen LogP contribution is -2.23. The molecule has 1 aliphatic heterocycles. The number of hydrogen-bond donors (Lipinski definition) is 2. The van der Waals surface area contributed by atoms with Gasteiger partial charge in [0, 0.05) is 17.8 Å². The molecule has 2 heterocycles. The number of fused-ring (bicyclic) bond motifs is 2. The summed E-state index contributed by atoms with van der Waals surface area (Å²) < 4.78 is 26.6. The highest BCUT2D eigenvalue weighted by Gasteiger charge is 2.27. The van der Waals surface area contributed by atoms with E-state index < -0.39 is 17.7 Å². The Morgan fingerprint density at radius 3 is 2.46 bits per heavy atom. The molecule has 0 fully saturated rings. The van der Waals surface area contributed by atoms with Gasteiger partial charge in [-0.1, -0.05) is 0 Å². The van der Waals surface area contributed by atoms with Gasteiger partial charge in [-0.25, -0.2) is 23.5 Å². The van der Waals surface area contributed by atoms with Crippen molar-refractivity contribution >= 4 is 12.0 Å². The monoisotopic (exact) mass is 332 g/mol. The van der Waals surface area contributed by atoms with Gasteiger partial charge in [-0.05, 0) is 36.1 Å². The third-order valence-electron chi connectivity index (χ3n) is 4.43. The molecule has 2 aromatic rings. The molecule has 0 radical (unpaired) electrons. The number of carboxylic acid groups (broad SMARTS) is 1. The molecule has 124 valence electrons. The molecule has 1 aromatic heterocycles. The number of nitrogens with one attached hydrogen (secondary N) is 1. The fourth-order valence-corrected chi connectivity index (χ4v) is 3.26. The van der Waals surface area contributed by atoms with Gasteiger partial charge in [-0.3, -0.25) is 4.90 Å². The predicted octanol–water partition coefficient (Wildman–Crippen LogP) is 2.33. The van der Waals surface area contributed by atoms with E-state index >= 15 is 0 Å². The minimum atomic E-state index is -0.988. The SMILES string of the molecule is O=C(O)N1Cc2cnc(NC3Cc4cc(F)c(F)cc4C3)nc2C1. The van der Waals surface area contributed by atoms with Gasteiger partial charge >= 0.3 is 6.09 Å². The van der Waals surface area contributed by atoms with E-state index in [-0.39, 0.29) is 12.6 Å². The fourth-order valence-electron chi connectivity index (χ4n) is 3.26. The Hall–Kier alpha value is -2.77. The number of hydrogen-bond acceptors (Lipinski definition) is 4. The molecule has 0 saturated heterocycles. The lowest BCUT2D eigenvalue weighted by Gasteiger charge is -2.12. The maximum Gasteiger partial charge on any atom is 0.407 e. The molecule has 2 aliphatic rings. The number of nitrogens with zero attached hydrogens (tertiary/aromatic N) is 3. The van der Waals surface area contributed by atoms with Crippen molar-refractivity contribution in [2.75, 3.05) is 5.32 Å². The molecule has 0 spiro atoms. The Morgan fingerprint density at radius 2 is 1.83 bits per heavy atom. The Morgan fingerprint density at radius 1 is 1.17 bits per heavy atom. The van der Waals surface area contributed by atoms with Crippen molar-refractivity contribution < 1.29 is 18.7 Å². The van der Waals surface area contributed by atoms with Crippen LogP contribution in [0.15, 0.2) is 18.3 Å². The van der Waals surface area contributed by atoms with Crippen LogP contribution in [0, 0.1) is 11.6 Å². The van der Waals surface area contributed by atoms with E-state index in [4.69, 9.17) is 5.11 Å². The van der Waals surface area contributed by atoms with Gasteiger partial charge in [0.25, 0.3) is 0 Å². The maximum absolute atomic E-state index is 13.3. The molecule has 1 aliphatic carbocycles. The van der Waals surface area contributed by atoms with Crippen LogP contribution in [0.5, 0.6) is 0 Å². The van der Waals surface area contributed by atoms with Crippen molar-refractivity contribution in [2.45, 2.75) is 32.0 Å². The predicted molar refractivity (Wildman–Crippen MR) is 80.5 cm³/mol. The van der Waals surface area contributed by atoms with Gasteiger partial charge < -0.3 is 10.4 Å². The lowest BCUT2D eigenvalue weighted by atomic mass is 10.1. The molecule has 0 saturated carbocycles. The topological polar surface area (TPSA) is 78.3 Å². The normalized spacial score (nSPS) is 16.2. The minimum Gasteiger partial charge on any atom is -0.465 e. The van der Waals surface area contributed by atoms with Crippen LogP contribution >= 0.6 is 0 Å². The summed E-state index contributed by atoms with van der Waals surface area (Å²) in [5.74, 6) is -1.27. The molecule has 0 unspecified atom stereocenters. The van der Waals surface area contributed by atoms with E-state index in [2.05, 4.69) is 15.3 Å². The molecule has 24 heavy (non-hydrogen) atoms. The van der Waals surface area contributed by atoms with E-state index in [9.17, 15) is 13.6 Å². The number of anilines is 1. The number of aromatic nitrogens is 2. The van der Waals surface area contributed by atoms with Gasteiger partial charge in [0.05, 0.1) is 18.8 Å². The van der Waals surface area contributed by atoms with Gasteiger partial charge in [0.2, 0.25) is 5.95 Å². The molecular weight excluding hydrogens is 318 g/mol. The summed E-state index contributed by atoms with van der Waals surface area (Å²) in [6, 6.07) is 2.43. The fraction of sp³-hybridized carbons (Fsp3) is 0.312. The van der Waals surface area contributed by atoms with Gasteiger partial charge in [0.15, 0.2) is 11.6 Å². The van der Waals surface area contributed by atoms with E-state index in [0.29, 0.717) is 31.0 Å². The molecular formula is C16H14F2N4O2. The number of benzene rings is 1. The van der Waals surface area contributed by atoms with Crippen LogP contribution in [-0.2, 0) is 25.9 Å². The van der Waals surface area contributed by atoms with Crippen molar-refractivity contribution in [3.63, 3.8) is 0 Å². The number of rotatable bonds is 2. The molecule has 1 aromatic carbocycles. The van der Waals surface area contributed by atoms with E-state index in [0.717, 1.165) is 16.7 Å². The standard InChI is InChI=1S/C16H14F2N4O2/c17-12-3-8-1-11(2-9(8)4-13(12)18)20-15-19-5-10-6-22(16(23)24)7-14(10)21-15/h3-5,11H,1-2,6-7H2,(H,23,24)(H,19,20,21). The second-order valence-electron chi connectivity index (χ2n) is 6.09. The summed E-state index contributed by atoms with van der Waals surface area (Å²) in [5.41, 5.74) is 3.04. The first-order valence-electron chi connectivity index (χ1n) is 7.55. The van der Waals surface area contributed by atoms with Crippen LogP contribution in [0.25, 0.3) is 0 Å². The Kier molecular flexibility index (Phi) is 3.33. The molecule has 1 amide bonds. The first kappa shape index (κ1) is 14.8. The zero-order valence-electron chi connectivity index (χ0n) is 12.6. The first-order valence-corrected chi connectivity index (χ1v) is 7.55. The van der Waals surface area contributed by atoms with Gasteiger partial charge in [-0.15, -0.1) is 0 Å². The van der Waals surface area contributed by atoms with Crippen LogP contribution in [0.4, 0.5) is 19.5 Å². The average Bonchev–Trinajstić information content (AvgIpc) is 3.11. The highest BCUT2D eigenvalue weighted by Crippen LogP contribution is 2.27. The van der Waals surface area contributed by atoms with Crippen LogP contribution < -0.4 is 5.32 Å². The third kappa shape index (κ3) is 2.53. The van der Waals surface area contributed by atoms with Crippen molar-refractivity contribution in [3.8, 4) is 0 Å². The lowest BCUT2D eigenvalue weighted by molar-refractivity contribution is 0.145. The molecule has 2 N–H and O–H groups in total. The molecule has 0 bridgehead atoms. The Balaban J connectivity index is 1.48. The molecule has 4 rings (SSSR count). The van der Waals surface area contributed by atoms with Crippen LogP contribution in [0.1, 0.15) is 22.4 Å². The highest BCUT2D eigenvalue weighted by molar-refractivity contribution is 5.66. The first-order chi connectivity index (χ1) is 11.5. The van der Waals surface area contributed by atoms with Gasteiger partial charge in [0.1, 0.15) is 0 Å². The summed E-state index contributed by atoms with van der Waals surface area (Å²) in [5, 5.41) is 12.2. The second kappa shape index (κ2) is 5.40. The van der Waals surface area contributed by atoms with E-state index in [1.54, 1.807) is 6.20 Å². The van der Waals surface area contributed by atoms with Crippen molar-refractivity contribution in [2.24, 2.45) is 0 Å².